The molecule has 2 rings (SSSR count). The molecule has 120 valence electrons. The molecule has 21 heavy (non-hydrogen) atoms. The van der Waals surface area contributed by atoms with Gasteiger partial charge in [0.05, 0.1) is 5.75 Å². The van der Waals surface area contributed by atoms with Gasteiger partial charge < -0.3 is 5.32 Å². The van der Waals surface area contributed by atoms with Crippen molar-refractivity contribution in [2.75, 3.05) is 25.4 Å². The van der Waals surface area contributed by atoms with Gasteiger partial charge in [0, 0.05) is 6.54 Å². The van der Waals surface area contributed by atoms with Crippen LogP contribution in [0.1, 0.15) is 24.8 Å². The van der Waals surface area contributed by atoms with Crippen molar-refractivity contribution in [1.82, 2.24) is 10.0 Å². The molecule has 6 heteroatoms. The van der Waals surface area contributed by atoms with Gasteiger partial charge in [-0.25, -0.2) is 13.1 Å². The lowest BCUT2D eigenvalue weighted by molar-refractivity contribution is 0.358. The largest absolute Gasteiger partial charge is 0.316 e. The van der Waals surface area contributed by atoms with Gasteiger partial charge in [-0.05, 0) is 50.3 Å². The van der Waals surface area contributed by atoms with Gasteiger partial charge in [-0.1, -0.05) is 30.3 Å². The van der Waals surface area contributed by atoms with Crippen molar-refractivity contribution < 1.29 is 8.42 Å². The van der Waals surface area contributed by atoms with E-state index in [1.165, 1.54) is 12.8 Å². The molecule has 0 aromatic heterocycles. The monoisotopic (exact) mass is 332 g/mol. The van der Waals surface area contributed by atoms with Crippen LogP contribution in [-0.2, 0) is 16.4 Å². The average Bonchev–Trinajstić information content (AvgIpc) is 2.47. The summed E-state index contributed by atoms with van der Waals surface area (Å²) in [5.41, 5.74) is 1.06. The molecule has 1 aromatic rings. The molecule has 1 heterocycles. The van der Waals surface area contributed by atoms with Gasteiger partial charge in [0.25, 0.3) is 0 Å². The van der Waals surface area contributed by atoms with Gasteiger partial charge in [0.2, 0.25) is 10.0 Å². The summed E-state index contributed by atoms with van der Waals surface area (Å²) in [5.74, 6) is 0.778. The van der Waals surface area contributed by atoms with Crippen LogP contribution in [0.4, 0.5) is 0 Å². The molecular weight excluding hydrogens is 308 g/mol. The Morgan fingerprint density at radius 1 is 1.24 bits per heavy atom. The van der Waals surface area contributed by atoms with Crippen LogP contribution >= 0.6 is 12.4 Å². The zero-order valence-corrected chi connectivity index (χ0v) is 13.9. The van der Waals surface area contributed by atoms with Crippen LogP contribution in [0.3, 0.4) is 0 Å². The van der Waals surface area contributed by atoms with E-state index in [0.717, 1.165) is 25.1 Å². The SMILES string of the molecule is Cl.O=S(=O)(CCc1ccccc1)NCCC1CCCNC1. The molecule has 0 bridgehead atoms. The second-order valence-corrected chi connectivity index (χ2v) is 7.38. The summed E-state index contributed by atoms with van der Waals surface area (Å²) in [6.07, 6.45) is 3.91. The summed E-state index contributed by atoms with van der Waals surface area (Å²) in [7, 11) is -3.15. The van der Waals surface area contributed by atoms with Crippen LogP contribution in [0.25, 0.3) is 0 Å². The Hall–Kier alpha value is -0.620. The quantitative estimate of drug-likeness (QED) is 0.802. The van der Waals surface area contributed by atoms with Gasteiger partial charge in [0.1, 0.15) is 0 Å². The number of aryl methyl sites for hydroxylation is 1. The van der Waals surface area contributed by atoms with Gasteiger partial charge in [0.15, 0.2) is 0 Å². The summed E-state index contributed by atoms with van der Waals surface area (Å²) in [5, 5.41) is 3.35. The van der Waals surface area contributed by atoms with Crippen molar-refractivity contribution in [3.63, 3.8) is 0 Å². The number of rotatable bonds is 7. The van der Waals surface area contributed by atoms with Crippen LogP contribution in [0, 0.1) is 5.92 Å². The zero-order valence-electron chi connectivity index (χ0n) is 12.3. The molecular formula is C15H25ClN2O2S. The highest BCUT2D eigenvalue weighted by molar-refractivity contribution is 7.89. The molecule has 1 unspecified atom stereocenters. The molecule has 1 atom stereocenters. The Balaban J connectivity index is 0.00000220. The molecule has 2 N–H and O–H groups in total. The first kappa shape index (κ1) is 18.4. The standard InChI is InChI=1S/C15H24N2O2S.ClH/c18-20(19,12-9-14-5-2-1-3-6-14)17-11-8-15-7-4-10-16-13-15;/h1-3,5-6,15-17H,4,7-13H2;1H. The van der Waals surface area contributed by atoms with Gasteiger partial charge >= 0.3 is 0 Å². The number of piperidine rings is 1. The highest BCUT2D eigenvalue weighted by atomic mass is 35.5. The van der Waals surface area contributed by atoms with E-state index >= 15 is 0 Å². The molecule has 1 saturated heterocycles. The summed E-state index contributed by atoms with van der Waals surface area (Å²) < 4.78 is 26.6. The first-order chi connectivity index (χ1) is 9.66. The van der Waals surface area contributed by atoms with E-state index in [-0.39, 0.29) is 18.2 Å². The summed E-state index contributed by atoms with van der Waals surface area (Å²) in [6.45, 7) is 2.68. The molecule has 1 aliphatic heterocycles. The normalized spacial score (nSPS) is 19.0. The minimum atomic E-state index is -3.15. The Labute approximate surface area is 134 Å². The van der Waals surface area contributed by atoms with Crippen molar-refractivity contribution >= 4 is 22.4 Å². The fraction of sp³-hybridized carbons (Fsp3) is 0.600. The molecule has 0 aliphatic carbocycles. The molecule has 1 aliphatic rings. The molecule has 0 radical (unpaired) electrons. The first-order valence-electron chi connectivity index (χ1n) is 7.38. The minimum Gasteiger partial charge on any atom is -0.316 e. The molecule has 1 fully saturated rings. The summed E-state index contributed by atoms with van der Waals surface area (Å²) in [4.78, 5) is 0. The van der Waals surface area contributed by atoms with Crippen molar-refractivity contribution in [2.24, 2.45) is 5.92 Å². The Morgan fingerprint density at radius 3 is 2.67 bits per heavy atom. The van der Waals surface area contributed by atoms with Crippen LogP contribution in [0.2, 0.25) is 0 Å². The second kappa shape index (κ2) is 9.41. The number of halogens is 1. The van der Waals surface area contributed by atoms with Crippen LogP contribution in [-0.4, -0.2) is 33.8 Å². The average molecular weight is 333 g/mol. The van der Waals surface area contributed by atoms with E-state index in [2.05, 4.69) is 10.0 Å². The van der Waals surface area contributed by atoms with Gasteiger partial charge in [-0.2, -0.15) is 0 Å². The number of hydrogen-bond acceptors (Lipinski definition) is 3. The van der Waals surface area contributed by atoms with E-state index in [4.69, 9.17) is 0 Å². The fourth-order valence-electron chi connectivity index (χ4n) is 2.56. The molecule has 1 aromatic carbocycles. The zero-order chi connectivity index (χ0) is 14.3. The minimum absolute atomic E-state index is 0. The second-order valence-electron chi connectivity index (χ2n) is 5.45. The third-order valence-electron chi connectivity index (χ3n) is 3.78. The predicted molar refractivity (Wildman–Crippen MR) is 89.4 cm³/mol. The van der Waals surface area contributed by atoms with Gasteiger partial charge in [-0.3, -0.25) is 0 Å². The number of hydrogen-bond donors (Lipinski definition) is 2. The highest BCUT2D eigenvalue weighted by Crippen LogP contribution is 2.13. The van der Waals surface area contributed by atoms with Gasteiger partial charge in [-0.15, -0.1) is 12.4 Å². The molecule has 0 amide bonds. The number of nitrogens with one attached hydrogen (secondary N) is 2. The van der Waals surface area contributed by atoms with E-state index in [1.54, 1.807) is 0 Å². The van der Waals surface area contributed by atoms with Crippen molar-refractivity contribution in [3.8, 4) is 0 Å². The summed E-state index contributed by atoms with van der Waals surface area (Å²) >= 11 is 0. The number of benzene rings is 1. The first-order valence-corrected chi connectivity index (χ1v) is 9.03. The van der Waals surface area contributed by atoms with E-state index in [0.29, 0.717) is 18.9 Å². The number of sulfonamides is 1. The topological polar surface area (TPSA) is 58.2 Å². The van der Waals surface area contributed by atoms with Crippen LogP contribution in [0.5, 0.6) is 0 Å². The Bertz CT molecular complexity index is 488. The van der Waals surface area contributed by atoms with Crippen LogP contribution in [0.15, 0.2) is 30.3 Å². The third kappa shape index (κ3) is 7.27. The Morgan fingerprint density at radius 2 is 2.00 bits per heavy atom. The van der Waals surface area contributed by atoms with Crippen molar-refractivity contribution in [2.45, 2.75) is 25.7 Å². The van der Waals surface area contributed by atoms with Crippen LogP contribution < -0.4 is 10.0 Å². The van der Waals surface area contributed by atoms with E-state index < -0.39 is 10.0 Å². The van der Waals surface area contributed by atoms with E-state index in [9.17, 15) is 8.42 Å². The highest BCUT2D eigenvalue weighted by Gasteiger charge is 2.15. The third-order valence-corrected chi connectivity index (χ3v) is 5.16. The lowest BCUT2D eigenvalue weighted by Crippen LogP contribution is -2.34. The maximum Gasteiger partial charge on any atom is 0.211 e. The predicted octanol–water partition coefficient (Wildman–Crippen LogP) is 1.96. The Kier molecular flexibility index (Phi) is 8.26. The summed E-state index contributed by atoms with van der Waals surface area (Å²) in [6, 6.07) is 9.73. The lowest BCUT2D eigenvalue weighted by atomic mass is 9.96. The molecule has 0 saturated carbocycles. The maximum atomic E-state index is 11.9. The molecule has 0 spiro atoms. The smallest absolute Gasteiger partial charge is 0.211 e. The van der Waals surface area contributed by atoms with Crippen molar-refractivity contribution in [3.05, 3.63) is 35.9 Å². The fourth-order valence-corrected chi connectivity index (χ4v) is 3.64. The lowest BCUT2D eigenvalue weighted by Gasteiger charge is -2.22. The maximum absolute atomic E-state index is 11.9. The van der Waals surface area contributed by atoms with Crippen molar-refractivity contribution in [1.29, 1.82) is 0 Å². The van der Waals surface area contributed by atoms with E-state index in [1.807, 2.05) is 30.3 Å². The molecule has 4 nitrogen and oxygen atoms in total.